The molecule has 4 rings (SSSR count). The molecule has 1 aliphatic rings. The minimum atomic E-state index is -0.588. The van der Waals surface area contributed by atoms with Crippen molar-refractivity contribution >= 4 is 34.2 Å². The Kier molecular flexibility index (Phi) is 3.47. The molecule has 1 aliphatic carbocycles. The summed E-state index contributed by atoms with van der Waals surface area (Å²) in [5, 5.41) is 0.390. The zero-order valence-electron chi connectivity index (χ0n) is 12.6. The number of fused-ring (bicyclic) bond motifs is 1. The van der Waals surface area contributed by atoms with Crippen molar-refractivity contribution in [3.05, 3.63) is 60.6 Å². The van der Waals surface area contributed by atoms with Gasteiger partial charge in [0.2, 0.25) is 0 Å². The number of pyridine rings is 2. The first-order valence-corrected chi connectivity index (χ1v) is 8.20. The molecule has 0 saturated heterocycles. The van der Waals surface area contributed by atoms with E-state index < -0.39 is 11.2 Å². The predicted molar refractivity (Wildman–Crippen MR) is 92.5 cm³/mol. The number of aryl methyl sites for hydroxylation is 1. The number of halogens is 2. The highest BCUT2D eigenvalue weighted by Crippen LogP contribution is 2.42. The van der Waals surface area contributed by atoms with Crippen LogP contribution in [0.4, 0.5) is 0 Å². The summed E-state index contributed by atoms with van der Waals surface area (Å²) < 4.78 is 1.35. The number of aromatic amines is 1. The topological polar surface area (TPSA) is 80.6 Å². The van der Waals surface area contributed by atoms with Crippen LogP contribution in [0.2, 0.25) is 10.2 Å². The number of H-pyrrole nitrogens is 1. The molecule has 0 radical (unpaired) electrons. The van der Waals surface area contributed by atoms with Crippen LogP contribution in [0.25, 0.3) is 16.7 Å². The third kappa shape index (κ3) is 2.34. The number of nitrogens with zero attached hydrogens (tertiary/aromatic N) is 3. The lowest BCUT2D eigenvalue weighted by Gasteiger charge is -2.15. The second kappa shape index (κ2) is 5.43. The van der Waals surface area contributed by atoms with Crippen molar-refractivity contribution in [3.8, 4) is 5.69 Å². The Labute approximate surface area is 146 Å². The molecular formula is C16H12Cl2N4O2. The normalized spacial score (nSPS) is 14.3. The first kappa shape index (κ1) is 15.4. The molecule has 0 unspecified atom stereocenters. The van der Waals surface area contributed by atoms with Gasteiger partial charge in [0.05, 0.1) is 16.4 Å². The SMILES string of the molecule is Cc1ccnc(C2CC2)c1-n1c(=O)[nH]c(=O)c2c(Cl)cc(Cl)nc21. The van der Waals surface area contributed by atoms with Crippen LogP contribution < -0.4 is 11.2 Å². The molecule has 0 amide bonds. The minimum absolute atomic E-state index is 0.112. The molecule has 122 valence electrons. The fraction of sp³-hybridized carbons (Fsp3) is 0.250. The van der Waals surface area contributed by atoms with Gasteiger partial charge >= 0.3 is 5.69 Å². The molecule has 0 atom stereocenters. The van der Waals surface area contributed by atoms with Gasteiger partial charge in [-0.1, -0.05) is 23.2 Å². The van der Waals surface area contributed by atoms with Crippen molar-refractivity contribution in [2.24, 2.45) is 0 Å². The molecule has 1 saturated carbocycles. The van der Waals surface area contributed by atoms with Crippen molar-refractivity contribution in [1.82, 2.24) is 19.5 Å². The van der Waals surface area contributed by atoms with E-state index in [1.54, 1.807) is 6.20 Å². The van der Waals surface area contributed by atoms with E-state index in [1.807, 2.05) is 13.0 Å². The molecule has 3 aromatic heterocycles. The molecule has 0 aromatic carbocycles. The van der Waals surface area contributed by atoms with Gasteiger partial charge in [0, 0.05) is 12.1 Å². The van der Waals surface area contributed by atoms with Gasteiger partial charge in [0.1, 0.15) is 10.5 Å². The Morgan fingerprint density at radius 2 is 2.04 bits per heavy atom. The summed E-state index contributed by atoms with van der Waals surface area (Å²) in [6, 6.07) is 3.20. The van der Waals surface area contributed by atoms with Crippen molar-refractivity contribution in [2.45, 2.75) is 25.7 Å². The fourth-order valence-corrected chi connectivity index (χ4v) is 3.40. The van der Waals surface area contributed by atoms with E-state index in [4.69, 9.17) is 23.2 Å². The second-order valence-corrected chi connectivity index (χ2v) is 6.65. The maximum Gasteiger partial charge on any atom is 0.334 e. The van der Waals surface area contributed by atoms with E-state index in [0.29, 0.717) is 11.6 Å². The van der Waals surface area contributed by atoms with Crippen LogP contribution in [-0.2, 0) is 0 Å². The lowest BCUT2D eigenvalue weighted by atomic mass is 10.1. The van der Waals surface area contributed by atoms with Crippen LogP contribution in [0.3, 0.4) is 0 Å². The summed E-state index contributed by atoms with van der Waals surface area (Å²) in [5.41, 5.74) is 1.28. The van der Waals surface area contributed by atoms with Crippen LogP contribution in [0, 0.1) is 6.92 Å². The summed E-state index contributed by atoms with van der Waals surface area (Å²) in [5.74, 6) is 0.309. The molecule has 0 bridgehead atoms. The molecule has 3 aromatic rings. The van der Waals surface area contributed by atoms with E-state index in [1.165, 1.54) is 10.6 Å². The summed E-state index contributed by atoms with van der Waals surface area (Å²) >= 11 is 12.2. The Hall–Kier alpha value is -2.18. The number of hydrogen-bond acceptors (Lipinski definition) is 4. The maximum atomic E-state index is 12.6. The minimum Gasteiger partial charge on any atom is -0.273 e. The van der Waals surface area contributed by atoms with E-state index in [-0.39, 0.29) is 21.2 Å². The Morgan fingerprint density at radius 3 is 2.75 bits per heavy atom. The highest BCUT2D eigenvalue weighted by atomic mass is 35.5. The van der Waals surface area contributed by atoms with Crippen LogP contribution in [0.15, 0.2) is 27.9 Å². The highest BCUT2D eigenvalue weighted by molar-refractivity contribution is 6.37. The lowest BCUT2D eigenvalue weighted by Crippen LogP contribution is -2.31. The van der Waals surface area contributed by atoms with Gasteiger partial charge in [-0.25, -0.2) is 14.3 Å². The van der Waals surface area contributed by atoms with Gasteiger partial charge in [-0.15, -0.1) is 0 Å². The highest BCUT2D eigenvalue weighted by Gasteiger charge is 2.30. The van der Waals surface area contributed by atoms with E-state index in [0.717, 1.165) is 24.1 Å². The first-order chi connectivity index (χ1) is 11.5. The lowest BCUT2D eigenvalue weighted by molar-refractivity contribution is 0.875. The zero-order chi connectivity index (χ0) is 17.0. The molecule has 1 fully saturated rings. The monoisotopic (exact) mass is 362 g/mol. The third-order valence-corrected chi connectivity index (χ3v) is 4.62. The average molecular weight is 363 g/mol. The van der Waals surface area contributed by atoms with Crippen LogP contribution in [0.1, 0.15) is 30.0 Å². The fourth-order valence-electron chi connectivity index (χ4n) is 2.88. The van der Waals surface area contributed by atoms with E-state index in [9.17, 15) is 9.59 Å². The summed E-state index contributed by atoms with van der Waals surface area (Å²) in [7, 11) is 0. The van der Waals surface area contributed by atoms with Crippen molar-refractivity contribution < 1.29 is 0 Å². The van der Waals surface area contributed by atoms with Crippen molar-refractivity contribution in [3.63, 3.8) is 0 Å². The molecule has 1 N–H and O–H groups in total. The van der Waals surface area contributed by atoms with Crippen LogP contribution >= 0.6 is 23.2 Å². The van der Waals surface area contributed by atoms with E-state index in [2.05, 4.69) is 15.0 Å². The van der Waals surface area contributed by atoms with Crippen molar-refractivity contribution in [1.29, 1.82) is 0 Å². The third-order valence-electron chi connectivity index (χ3n) is 4.13. The van der Waals surface area contributed by atoms with Gasteiger partial charge in [-0.2, -0.15) is 0 Å². The van der Waals surface area contributed by atoms with Gasteiger partial charge in [-0.05, 0) is 37.5 Å². The zero-order valence-corrected chi connectivity index (χ0v) is 14.1. The standard InChI is InChI=1S/C16H12Cl2N4O2/c1-7-4-5-19-12(8-2-3-8)13(7)22-14-11(15(23)21-16(22)24)9(17)6-10(18)20-14/h4-6,8H,2-3H2,1H3,(H,21,23,24). The molecule has 8 heteroatoms. The molecule has 24 heavy (non-hydrogen) atoms. The largest absolute Gasteiger partial charge is 0.334 e. The molecular weight excluding hydrogens is 351 g/mol. The van der Waals surface area contributed by atoms with Crippen LogP contribution in [-0.4, -0.2) is 19.5 Å². The summed E-state index contributed by atoms with van der Waals surface area (Å²) in [6.07, 6.45) is 3.77. The average Bonchev–Trinajstić information content (AvgIpc) is 3.32. The maximum absolute atomic E-state index is 12.6. The number of nitrogens with one attached hydrogen (secondary N) is 1. The molecule has 6 nitrogen and oxygen atoms in total. The van der Waals surface area contributed by atoms with E-state index >= 15 is 0 Å². The summed E-state index contributed by atoms with van der Waals surface area (Å²) in [4.78, 5) is 35.7. The number of aromatic nitrogens is 4. The first-order valence-electron chi connectivity index (χ1n) is 7.44. The Bertz CT molecular complexity index is 1100. The Morgan fingerprint density at radius 1 is 1.29 bits per heavy atom. The number of hydrogen-bond donors (Lipinski definition) is 1. The molecule has 3 heterocycles. The van der Waals surface area contributed by atoms with Crippen molar-refractivity contribution in [2.75, 3.05) is 0 Å². The second-order valence-electron chi connectivity index (χ2n) is 5.86. The van der Waals surface area contributed by atoms with Gasteiger partial charge in [0.15, 0.2) is 5.65 Å². The quantitative estimate of drug-likeness (QED) is 0.710. The molecule has 0 aliphatic heterocycles. The predicted octanol–water partition coefficient (Wildman–Crippen LogP) is 2.96. The van der Waals surface area contributed by atoms with Gasteiger partial charge in [0.25, 0.3) is 5.56 Å². The molecule has 0 spiro atoms. The number of rotatable bonds is 2. The smallest absolute Gasteiger partial charge is 0.273 e. The van der Waals surface area contributed by atoms with Gasteiger partial charge in [-0.3, -0.25) is 14.8 Å². The Balaban J connectivity index is 2.20. The van der Waals surface area contributed by atoms with Gasteiger partial charge < -0.3 is 0 Å². The summed E-state index contributed by atoms with van der Waals surface area (Å²) in [6.45, 7) is 1.89. The van der Waals surface area contributed by atoms with Crippen LogP contribution in [0.5, 0.6) is 0 Å².